The van der Waals surface area contributed by atoms with E-state index >= 15 is 0 Å². The third-order valence-electron chi connectivity index (χ3n) is 5.64. The maximum absolute atomic E-state index is 13.0. The standard InChI is InChI=1S/C21H26N4O2/c1-15-22-9-18(10-23-15)21(26)25-13-17-3-6-19(25)14-24(12-17)11-16-4-7-20(27-2)8-5-16/h4-5,7-10,17,19H,3,6,11-14H2,1-2H3/t17-,19+/m0/s1. The Kier molecular flexibility index (Phi) is 5.07. The van der Waals surface area contributed by atoms with Crippen LogP contribution in [0, 0.1) is 12.8 Å². The number of hydrogen-bond acceptors (Lipinski definition) is 5. The Hall–Kier alpha value is -2.47. The molecule has 0 unspecified atom stereocenters. The summed E-state index contributed by atoms with van der Waals surface area (Å²) in [6, 6.07) is 8.52. The highest BCUT2D eigenvalue weighted by molar-refractivity contribution is 5.94. The molecule has 5 rings (SSSR count). The first-order chi connectivity index (χ1) is 13.1. The molecule has 4 heterocycles. The summed E-state index contributed by atoms with van der Waals surface area (Å²) < 4.78 is 5.25. The molecule has 1 aromatic carbocycles. The summed E-state index contributed by atoms with van der Waals surface area (Å²) in [6.45, 7) is 5.53. The van der Waals surface area contributed by atoms with Crippen LogP contribution < -0.4 is 4.74 Å². The van der Waals surface area contributed by atoms with Crippen molar-refractivity contribution in [3.8, 4) is 5.75 Å². The van der Waals surface area contributed by atoms with Gasteiger partial charge in [0.25, 0.3) is 5.91 Å². The molecule has 27 heavy (non-hydrogen) atoms. The van der Waals surface area contributed by atoms with Crippen LogP contribution in [0.5, 0.6) is 5.75 Å². The normalized spacial score (nSPS) is 22.5. The van der Waals surface area contributed by atoms with Gasteiger partial charge in [0.15, 0.2) is 0 Å². The molecule has 2 aromatic rings. The number of amides is 1. The fraction of sp³-hybridized carbons (Fsp3) is 0.476. The van der Waals surface area contributed by atoms with E-state index in [0.29, 0.717) is 17.3 Å². The van der Waals surface area contributed by atoms with Crippen molar-refractivity contribution in [2.75, 3.05) is 26.7 Å². The third-order valence-corrected chi connectivity index (χ3v) is 5.64. The van der Waals surface area contributed by atoms with Gasteiger partial charge in [-0.15, -0.1) is 0 Å². The lowest BCUT2D eigenvalue weighted by Crippen LogP contribution is -2.47. The summed E-state index contributed by atoms with van der Waals surface area (Å²) in [5, 5.41) is 0. The molecule has 1 amide bonds. The summed E-state index contributed by atoms with van der Waals surface area (Å²) in [4.78, 5) is 25.9. The Bertz CT molecular complexity index is 791. The van der Waals surface area contributed by atoms with E-state index in [9.17, 15) is 4.79 Å². The molecule has 2 bridgehead atoms. The van der Waals surface area contributed by atoms with Crippen molar-refractivity contribution in [3.05, 3.63) is 53.6 Å². The number of methoxy groups -OCH3 is 1. The van der Waals surface area contributed by atoms with Crippen molar-refractivity contribution in [2.45, 2.75) is 32.4 Å². The Labute approximate surface area is 160 Å². The molecule has 3 fully saturated rings. The molecule has 0 saturated carbocycles. The molecule has 0 spiro atoms. The van der Waals surface area contributed by atoms with E-state index in [4.69, 9.17) is 4.74 Å². The average molecular weight is 366 g/mol. The van der Waals surface area contributed by atoms with Gasteiger partial charge in [-0.25, -0.2) is 9.97 Å². The number of nitrogens with zero attached hydrogens (tertiary/aromatic N) is 4. The summed E-state index contributed by atoms with van der Waals surface area (Å²) >= 11 is 0. The van der Waals surface area contributed by atoms with Crippen LogP contribution in [0.2, 0.25) is 0 Å². The molecule has 0 aliphatic carbocycles. The highest BCUT2D eigenvalue weighted by Gasteiger charge is 2.37. The number of aryl methyl sites for hydroxylation is 1. The largest absolute Gasteiger partial charge is 0.497 e. The van der Waals surface area contributed by atoms with Gasteiger partial charge in [-0.05, 0) is 43.4 Å². The predicted octanol–water partition coefficient (Wildman–Crippen LogP) is 2.53. The molecular weight excluding hydrogens is 340 g/mol. The molecule has 2 atom stereocenters. The van der Waals surface area contributed by atoms with Crippen molar-refractivity contribution in [1.82, 2.24) is 19.8 Å². The van der Waals surface area contributed by atoms with Crippen LogP contribution in [0.15, 0.2) is 36.7 Å². The van der Waals surface area contributed by atoms with Crippen LogP contribution in [0.25, 0.3) is 0 Å². The lowest BCUT2D eigenvalue weighted by Gasteiger charge is -2.36. The summed E-state index contributed by atoms with van der Waals surface area (Å²) in [5.41, 5.74) is 1.87. The van der Waals surface area contributed by atoms with Crippen LogP contribution >= 0.6 is 0 Å². The van der Waals surface area contributed by atoms with E-state index in [0.717, 1.165) is 38.3 Å². The molecule has 142 valence electrons. The Morgan fingerprint density at radius 2 is 1.85 bits per heavy atom. The highest BCUT2D eigenvalue weighted by atomic mass is 16.5. The van der Waals surface area contributed by atoms with Gasteiger partial charge in [-0.1, -0.05) is 12.1 Å². The van der Waals surface area contributed by atoms with Crippen molar-refractivity contribution in [1.29, 1.82) is 0 Å². The topological polar surface area (TPSA) is 58.6 Å². The Morgan fingerprint density at radius 1 is 1.11 bits per heavy atom. The third kappa shape index (κ3) is 3.95. The second kappa shape index (κ2) is 7.64. The fourth-order valence-electron chi connectivity index (χ4n) is 4.21. The lowest BCUT2D eigenvalue weighted by molar-refractivity contribution is 0.0584. The van der Waals surface area contributed by atoms with E-state index in [2.05, 4.69) is 31.9 Å². The summed E-state index contributed by atoms with van der Waals surface area (Å²) in [6.07, 6.45) is 5.57. The van der Waals surface area contributed by atoms with Gasteiger partial charge in [0.2, 0.25) is 0 Å². The quantitative estimate of drug-likeness (QED) is 0.832. The highest BCUT2D eigenvalue weighted by Crippen LogP contribution is 2.30. The second-order valence-corrected chi connectivity index (χ2v) is 7.62. The van der Waals surface area contributed by atoms with Gasteiger partial charge in [0, 0.05) is 44.6 Å². The molecule has 1 aromatic heterocycles. The first-order valence-corrected chi connectivity index (χ1v) is 9.57. The Balaban J connectivity index is 1.46. The average Bonchev–Trinajstić information content (AvgIpc) is 2.99. The molecule has 6 heteroatoms. The summed E-state index contributed by atoms with van der Waals surface area (Å²) in [7, 11) is 1.69. The zero-order valence-corrected chi connectivity index (χ0v) is 16.0. The number of fused-ring (bicyclic) bond motifs is 4. The molecule has 0 radical (unpaired) electrons. The molecule has 0 N–H and O–H groups in total. The SMILES string of the molecule is COc1ccc(CN2C[C@@H]3CC[C@H](C2)N(C(=O)c2cnc(C)nc2)C3)cc1. The number of piperidine rings is 1. The van der Waals surface area contributed by atoms with Crippen LogP contribution in [0.4, 0.5) is 0 Å². The second-order valence-electron chi connectivity index (χ2n) is 7.62. The van der Waals surface area contributed by atoms with Crippen LogP contribution in [-0.4, -0.2) is 58.5 Å². The minimum absolute atomic E-state index is 0.0657. The van der Waals surface area contributed by atoms with Gasteiger partial charge in [-0.2, -0.15) is 0 Å². The Morgan fingerprint density at radius 3 is 2.56 bits per heavy atom. The molecule has 3 saturated heterocycles. The lowest BCUT2D eigenvalue weighted by atomic mass is 9.94. The van der Waals surface area contributed by atoms with E-state index in [-0.39, 0.29) is 11.9 Å². The van der Waals surface area contributed by atoms with Crippen molar-refractivity contribution >= 4 is 5.91 Å². The van der Waals surface area contributed by atoms with E-state index in [1.54, 1.807) is 19.5 Å². The minimum Gasteiger partial charge on any atom is -0.497 e. The first kappa shape index (κ1) is 17.9. The molecule has 3 aliphatic heterocycles. The van der Waals surface area contributed by atoms with E-state index in [1.807, 2.05) is 19.1 Å². The zero-order valence-electron chi connectivity index (χ0n) is 16.0. The fourth-order valence-corrected chi connectivity index (χ4v) is 4.21. The van der Waals surface area contributed by atoms with E-state index in [1.165, 1.54) is 12.0 Å². The minimum atomic E-state index is 0.0657. The number of carbonyl (C=O) groups excluding carboxylic acids is 1. The van der Waals surface area contributed by atoms with Gasteiger partial charge < -0.3 is 9.64 Å². The van der Waals surface area contributed by atoms with Crippen LogP contribution in [-0.2, 0) is 6.54 Å². The van der Waals surface area contributed by atoms with Crippen LogP contribution in [0.3, 0.4) is 0 Å². The van der Waals surface area contributed by atoms with Crippen LogP contribution in [0.1, 0.15) is 34.6 Å². The maximum atomic E-state index is 13.0. The maximum Gasteiger partial charge on any atom is 0.257 e. The number of hydrogen-bond donors (Lipinski definition) is 0. The van der Waals surface area contributed by atoms with Gasteiger partial charge >= 0.3 is 0 Å². The molecule has 6 nitrogen and oxygen atoms in total. The first-order valence-electron chi connectivity index (χ1n) is 9.57. The van der Waals surface area contributed by atoms with Crippen molar-refractivity contribution < 1.29 is 9.53 Å². The van der Waals surface area contributed by atoms with E-state index < -0.39 is 0 Å². The van der Waals surface area contributed by atoms with Crippen molar-refractivity contribution in [2.24, 2.45) is 5.92 Å². The number of ether oxygens (including phenoxy) is 1. The number of benzene rings is 1. The number of rotatable bonds is 4. The summed E-state index contributed by atoms with van der Waals surface area (Å²) in [5.74, 6) is 2.16. The number of carbonyl (C=O) groups is 1. The molecule has 3 aliphatic rings. The monoisotopic (exact) mass is 366 g/mol. The van der Waals surface area contributed by atoms with Gasteiger partial charge in [0.05, 0.1) is 12.7 Å². The molecular formula is C21H26N4O2. The number of aromatic nitrogens is 2. The smallest absolute Gasteiger partial charge is 0.257 e. The predicted molar refractivity (Wildman–Crippen MR) is 103 cm³/mol. The zero-order chi connectivity index (χ0) is 18.8. The van der Waals surface area contributed by atoms with Gasteiger partial charge in [0.1, 0.15) is 11.6 Å². The van der Waals surface area contributed by atoms with Gasteiger partial charge in [-0.3, -0.25) is 9.69 Å². The van der Waals surface area contributed by atoms with Crippen molar-refractivity contribution in [3.63, 3.8) is 0 Å².